The van der Waals surface area contributed by atoms with E-state index in [0.717, 1.165) is 49.8 Å². The number of hydrogen-bond donors (Lipinski definition) is 7. The Morgan fingerprint density at radius 1 is 0.538 bits per heavy atom. The summed E-state index contributed by atoms with van der Waals surface area (Å²) in [5.41, 5.74) is 16.4. The molecule has 4 amide bonds. The Labute approximate surface area is 677 Å². The Morgan fingerprint density at radius 2 is 1.03 bits per heavy atom. The van der Waals surface area contributed by atoms with Gasteiger partial charge in [-0.15, -0.1) is 5.10 Å². The number of methoxy groups -OCH3 is 5. The quantitative estimate of drug-likeness (QED) is 0.0212. The van der Waals surface area contributed by atoms with Crippen LogP contribution in [0.2, 0.25) is 0 Å². The highest BCUT2D eigenvalue weighted by molar-refractivity contribution is 6.20. The first-order valence-corrected chi connectivity index (χ1v) is 36.0. The van der Waals surface area contributed by atoms with E-state index in [-0.39, 0.29) is 24.9 Å². The lowest BCUT2D eigenvalue weighted by Crippen LogP contribution is -2.46. The first-order valence-electron chi connectivity index (χ1n) is 36.0. The second-order valence-electron chi connectivity index (χ2n) is 24.2. The van der Waals surface area contributed by atoms with Crippen molar-refractivity contribution >= 4 is 81.1 Å². The van der Waals surface area contributed by atoms with Crippen molar-refractivity contribution in [2.45, 2.75) is 32.5 Å². The minimum Gasteiger partial charge on any atom is -0.497 e. The maximum absolute atomic E-state index is 13.2. The number of ether oxygens (including phenoxy) is 8. The summed E-state index contributed by atoms with van der Waals surface area (Å²) in [6.45, 7) is 2.25. The number of nitrogens with one attached hydrogen (secondary N) is 5. The monoisotopic (exact) mass is 1580 g/mol. The number of benzene rings is 11. The van der Waals surface area contributed by atoms with Crippen LogP contribution in [0.3, 0.4) is 0 Å². The van der Waals surface area contributed by atoms with E-state index in [1.807, 2.05) is 177 Å². The maximum Gasteiger partial charge on any atom is 0.411 e. The molecule has 117 heavy (non-hydrogen) atoms. The standard InChI is InChI=1S/C25H23N3O4.C16H14N4O4.C15H15NO2.C10H13NO3.C8H8N2O.C8H11NO.C7H5N/c1-28-21-14-13-19(31-2)15-20(21)22(18-11-7-4-8-12-18)26-23(24(28)29)27-25(30)32-16-17-9-5-3-6-10-17;21-15(22)14(20-13-9-5-4-8-12(13)18-19-20)17-16(23)24-10-11-6-2-1-3-7-11;1-16-14-9-8-12(18-2)10-13(14)15(17)11-6-4-3-5-7-11;1-3-14-10(12)11-8-4-6-9(13-2)7-5-8;1-11-7-2-3-8(10)6(4-7)5-9;1-9-7-3-5-8(10-2)6-4-7;8-6-7-4-2-1-3-5-7/h3-15,23H,16H2,1-2H3,(H,27,30);1-9,14H,10H2,(H,17,23)(H,21,22);3-10,16H,1-2H3;4-7H,3H2,1-2H3,(H,11,12);2-4H,10H2,1H3;3-6,9H,1-2H3;1-5H. The molecule has 28 heteroatoms. The summed E-state index contributed by atoms with van der Waals surface area (Å²) in [7, 11) is 13.3. The number of ketones is 1. The first kappa shape index (κ1) is 88.5. The van der Waals surface area contributed by atoms with Gasteiger partial charge < -0.3 is 64.3 Å². The number of aliphatic imine (C=N–C) groups is 1. The van der Waals surface area contributed by atoms with Gasteiger partial charge in [0.05, 0.1) is 76.3 Å². The summed E-state index contributed by atoms with van der Waals surface area (Å²) in [6.07, 6.45) is -4.58. The van der Waals surface area contributed by atoms with Crippen LogP contribution in [-0.2, 0) is 37.0 Å². The maximum atomic E-state index is 13.2. The number of nitrogens with zero attached hydrogens (tertiary/aromatic N) is 7. The fourth-order valence-electron chi connectivity index (χ4n) is 10.4. The van der Waals surface area contributed by atoms with Crippen LogP contribution >= 0.6 is 0 Å². The van der Waals surface area contributed by atoms with Gasteiger partial charge in [0.15, 0.2) is 5.78 Å². The van der Waals surface area contributed by atoms with E-state index in [2.05, 4.69) is 41.9 Å². The fourth-order valence-corrected chi connectivity index (χ4v) is 10.4. The Bertz CT molecular complexity index is 5250. The van der Waals surface area contributed by atoms with Gasteiger partial charge in [-0.25, -0.2) is 28.9 Å². The summed E-state index contributed by atoms with van der Waals surface area (Å²) in [6, 6.07) is 87.7. The number of para-hydroxylation sites is 1. The molecule has 0 saturated heterocycles. The van der Waals surface area contributed by atoms with Crippen molar-refractivity contribution in [3.8, 4) is 40.9 Å². The zero-order chi connectivity index (χ0) is 84.3. The number of amides is 4. The number of benzodiazepines with no additional fused rings is 1. The Morgan fingerprint density at radius 3 is 1.56 bits per heavy atom. The van der Waals surface area contributed by atoms with Crippen molar-refractivity contribution in [1.82, 2.24) is 25.6 Å². The number of likely N-dealkylation sites (N-methyl/N-ethyl adjacent to an activating group) is 1. The molecule has 0 aliphatic carbocycles. The molecule has 1 aliphatic rings. The molecule has 28 nitrogen and oxygen atoms in total. The van der Waals surface area contributed by atoms with Crippen LogP contribution in [0.15, 0.2) is 284 Å². The largest absolute Gasteiger partial charge is 0.497 e. The minimum atomic E-state index is -1.42. The molecular formula is C89H89N13O15. The fraction of sp³-hybridized carbons (Fsp3) is 0.157. The van der Waals surface area contributed by atoms with E-state index in [1.165, 1.54) is 4.90 Å². The summed E-state index contributed by atoms with van der Waals surface area (Å²) in [5.74, 6) is 1.93. The van der Waals surface area contributed by atoms with E-state index in [9.17, 15) is 33.9 Å². The molecule has 0 spiro atoms. The van der Waals surface area contributed by atoms with E-state index in [0.29, 0.717) is 79.9 Å². The smallest absolute Gasteiger partial charge is 0.411 e. The number of aliphatic carboxylic acids is 1. The normalized spacial score (nSPS) is 11.4. The van der Waals surface area contributed by atoms with Gasteiger partial charge in [0.2, 0.25) is 12.3 Å². The second-order valence-corrected chi connectivity index (χ2v) is 24.2. The molecule has 0 fully saturated rings. The SMILES string of the molecule is CCOC(=O)Nc1ccc(OC)cc1.CNc1ccc(OC)cc1.CNc1ccc(OC)cc1C(=O)c1ccccc1.COc1ccc(N)c(C#N)c1.COc1ccc2c(c1)C(c1ccccc1)=NC(NC(=O)OCc1ccccc1)C(=O)N2C.N#Cc1ccccc1.O=C(NC(C(=O)O)n1nnc2ccccc21)OCc1ccccc1. The van der Waals surface area contributed by atoms with Crippen molar-refractivity contribution in [2.75, 3.05) is 89.9 Å². The van der Waals surface area contributed by atoms with Gasteiger partial charge in [-0.3, -0.25) is 25.5 Å². The van der Waals surface area contributed by atoms with Crippen LogP contribution in [-0.4, -0.2) is 131 Å². The number of nitrogen functional groups attached to an aromatic ring is 1. The zero-order valence-electron chi connectivity index (χ0n) is 65.7. The zero-order valence-corrected chi connectivity index (χ0v) is 65.7. The van der Waals surface area contributed by atoms with Gasteiger partial charge in [0.1, 0.15) is 53.5 Å². The van der Waals surface area contributed by atoms with Crippen LogP contribution in [0.5, 0.6) is 28.7 Å². The van der Waals surface area contributed by atoms with E-state index in [4.69, 9.17) is 54.2 Å². The van der Waals surface area contributed by atoms with Crippen molar-refractivity contribution in [3.05, 3.63) is 324 Å². The number of hydrogen-bond acceptors (Lipinski definition) is 22. The average molecular weight is 1580 g/mol. The Balaban J connectivity index is 0.000000198. The molecule has 1 aromatic heterocycles. The minimum absolute atomic E-state index is 0.0150. The van der Waals surface area contributed by atoms with Crippen molar-refractivity contribution in [2.24, 2.45) is 4.99 Å². The highest BCUT2D eigenvalue weighted by atomic mass is 16.6. The van der Waals surface area contributed by atoms with E-state index < -0.39 is 36.6 Å². The number of fused-ring (bicyclic) bond motifs is 2. The number of nitriles is 2. The summed E-state index contributed by atoms with van der Waals surface area (Å²) in [4.78, 5) is 78.6. The predicted octanol–water partition coefficient (Wildman–Crippen LogP) is 15.4. The molecule has 2 unspecified atom stereocenters. The molecule has 0 bridgehead atoms. The first-order chi connectivity index (χ1) is 56.8. The number of carbonyl (C=O) groups excluding carboxylic acids is 5. The van der Waals surface area contributed by atoms with Crippen LogP contribution < -0.4 is 60.9 Å². The lowest BCUT2D eigenvalue weighted by molar-refractivity contribution is -0.142. The van der Waals surface area contributed by atoms with Crippen molar-refractivity contribution < 1.29 is 71.8 Å². The van der Waals surface area contributed by atoms with Gasteiger partial charge in [0.25, 0.3) is 5.91 Å². The molecular weight excluding hydrogens is 1490 g/mol. The summed E-state index contributed by atoms with van der Waals surface area (Å²) in [5, 5.41) is 47.4. The van der Waals surface area contributed by atoms with Gasteiger partial charge in [-0.1, -0.05) is 157 Å². The summed E-state index contributed by atoms with van der Waals surface area (Å²) >= 11 is 0. The number of carboxylic acid groups (broad SMARTS) is 1. The van der Waals surface area contributed by atoms with Gasteiger partial charge in [-0.05, 0) is 145 Å². The van der Waals surface area contributed by atoms with Crippen LogP contribution in [0.4, 0.5) is 42.8 Å². The van der Waals surface area contributed by atoms with E-state index >= 15 is 0 Å². The van der Waals surface area contributed by atoms with Crippen molar-refractivity contribution in [3.63, 3.8) is 0 Å². The molecule has 13 rings (SSSR count). The third-order valence-electron chi connectivity index (χ3n) is 16.5. The van der Waals surface area contributed by atoms with Gasteiger partial charge in [-0.2, -0.15) is 10.5 Å². The molecule has 0 radical (unpaired) electrons. The third-order valence-corrected chi connectivity index (χ3v) is 16.5. The number of rotatable bonds is 20. The van der Waals surface area contributed by atoms with Crippen LogP contribution in [0, 0.1) is 22.7 Å². The summed E-state index contributed by atoms with van der Waals surface area (Å²) < 4.78 is 41.6. The molecule has 8 N–H and O–H groups in total. The number of carbonyl (C=O) groups is 6. The molecule has 0 saturated carbocycles. The number of anilines is 5. The molecule has 2 heterocycles. The molecule has 2 atom stereocenters. The average Bonchev–Trinajstić information content (AvgIpc) is 1.65. The highest BCUT2D eigenvalue weighted by Gasteiger charge is 2.32. The van der Waals surface area contributed by atoms with Crippen LogP contribution in [0.25, 0.3) is 11.0 Å². The number of aromatic nitrogens is 3. The number of nitrogens with two attached hydrogens (primary N) is 1. The van der Waals surface area contributed by atoms with Gasteiger partial charge in [0, 0.05) is 66.1 Å². The number of carboxylic acids is 1. The molecule has 11 aromatic carbocycles. The topological polar surface area (TPSA) is 377 Å². The third kappa shape index (κ3) is 27.9. The predicted molar refractivity (Wildman–Crippen MR) is 448 cm³/mol. The Kier molecular flexibility index (Phi) is 35.9. The molecule has 12 aromatic rings. The Hall–Kier alpha value is -15.7. The number of alkyl carbamates (subject to hydrolysis) is 2. The lowest BCUT2D eigenvalue weighted by Gasteiger charge is -2.21. The second kappa shape index (κ2) is 47.5. The van der Waals surface area contributed by atoms with E-state index in [1.54, 1.807) is 178 Å². The van der Waals surface area contributed by atoms with Gasteiger partial charge >= 0.3 is 24.2 Å². The lowest BCUT2D eigenvalue weighted by atomic mass is 10.00. The highest BCUT2D eigenvalue weighted by Crippen LogP contribution is 2.32. The van der Waals surface area contributed by atoms with Crippen LogP contribution in [0.1, 0.15) is 62.4 Å². The molecule has 1 aliphatic heterocycles. The van der Waals surface area contributed by atoms with Crippen molar-refractivity contribution in [1.29, 1.82) is 10.5 Å². The molecule has 600 valence electrons.